The number of thioether (sulfide) groups is 1. The van der Waals surface area contributed by atoms with Crippen LogP contribution < -0.4 is 10.2 Å². The Balaban J connectivity index is 1.87. The lowest BCUT2D eigenvalue weighted by atomic mass is 10.1. The molecule has 2 heterocycles. The minimum absolute atomic E-state index is 0.0871. The van der Waals surface area contributed by atoms with Gasteiger partial charge in [0.15, 0.2) is 0 Å². The molecule has 1 amide bonds. The molecule has 0 unspecified atom stereocenters. The van der Waals surface area contributed by atoms with Crippen LogP contribution in [0.4, 0.5) is 11.8 Å². The third kappa shape index (κ3) is 4.09. The van der Waals surface area contributed by atoms with Crippen molar-refractivity contribution in [3.63, 3.8) is 0 Å². The first kappa shape index (κ1) is 18.5. The van der Waals surface area contributed by atoms with Gasteiger partial charge in [0.05, 0.1) is 12.2 Å². The maximum absolute atomic E-state index is 11.7. The zero-order chi connectivity index (χ0) is 18.7. The maximum Gasteiger partial charge on any atom is 0.227 e. The van der Waals surface area contributed by atoms with Gasteiger partial charge in [0.25, 0.3) is 0 Å². The minimum atomic E-state index is 0.0871. The Bertz CT molecular complexity index is 809. The number of nitrogens with one attached hydrogen (secondary N) is 1. The number of aromatic nitrogens is 2. The van der Waals surface area contributed by atoms with Crippen molar-refractivity contribution < 1.29 is 4.79 Å². The molecule has 0 saturated heterocycles. The summed E-state index contributed by atoms with van der Waals surface area (Å²) < 4.78 is 0. The van der Waals surface area contributed by atoms with E-state index in [1.54, 1.807) is 18.7 Å². The molecule has 0 radical (unpaired) electrons. The van der Waals surface area contributed by atoms with E-state index in [2.05, 4.69) is 40.8 Å². The molecule has 0 saturated carbocycles. The highest BCUT2D eigenvalue weighted by molar-refractivity contribution is 7.98. The fourth-order valence-electron chi connectivity index (χ4n) is 3.00. The molecule has 0 aliphatic carbocycles. The van der Waals surface area contributed by atoms with Gasteiger partial charge in [-0.1, -0.05) is 12.1 Å². The summed E-state index contributed by atoms with van der Waals surface area (Å²) in [6, 6.07) is 8.50. The lowest BCUT2D eigenvalue weighted by molar-refractivity contribution is -0.129. The van der Waals surface area contributed by atoms with Crippen molar-refractivity contribution in [2.45, 2.75) is 31.3 Å². The first-order valence-electron chi connectivity index (χ1n) is 8.67. The molecule has 0 atom stereocenters. The third-order valence-corrected chi connectivity index (χ3v) is 5.22. The van der Waals surface area contributed by atoms with E-state index in [1.807, 2.05) is 23.9 Å². The fourth-order valence-corrected chi connectivity index (χ4v) is 3.48. The summed E-state index contributed by atoms with van der Waals surface area (Å²) in [5.74, 6) is 1.62. The predicted molar refractivity (Wildman–Crippen MR) is 107 cm³/mol. The van der Waals surface area contributed by atoms with Gasteiger partial charge in [0, 0.05) is 44.6 Å². The SMILES string of the molecule is CSc1cccc(CNc2nc(N(C)C)nc3c2CCN(C(C)=O)C3)c1. The van der Waals surface area contributed by atoms with Gasteiger partial charge in [-0.05, 0) is 30.4 Å². The summed E-state index contributed by atoms with van der Waals surface area (Å²) >= 11 is 1.74. The standard InChI is InChI=1S/C19H25N5OS/c1-13(25)24-9-8-16-17(12-24)21-19(23(2)3)22-18(16)20-11-14-6-5-7-15(10-14)26-4/h5-7,10H,8-9,11-12H2,1-4H3,(H,20,21,22). The number of carbonyl (C=O) groups excluding carboxylic acids is 1. The van der Waals surface area contributed by atoms with Gasteiger partial charge in [-0.25, -0.2) is 4.98 Å². The molecule has 1 aromatic carbocycles. The van der Waals surface area contributed by atoms with Crippen LogP contribution in [0.2, 0.25) is 0 Å². The maximum atomic E-state index is 11.7. The number of fused-ring (bicyclic) bond motifs is 1. The van der Waals surface area contributed by atoms with Gasteiger partial charge < -0.3 is 15.1 Å². The van der Waals surface area contributed by atoms with Gasteiger partial charge in [-0.15, -0.1) is 11.8 Å². The van der Waals surface area contributed by atoms with Gasteiger partial charge in [0.1, 0.15) is 5.82 Å². The van der Waals surface area contributed by atoms with Crippen molar-refractivity contribution >= 4 is 29.4 Å². The number of benzene rings is 1. The van der Waals surface area contributed by atoms with E-state index >= 15 is 0 Å². The van der Waals surface area contributed by atoms with Crippen LogP contribution in [-0.2, 0) is 24.3 Å². The first-order valence-corrected chi connectivity index (χ1v) is 9.90. The van der Waals surface area contributed by atoms with Crippen LogP contribution in [-0.4, -0.2) is 47.7 Å². The average Bonchev–Trinajstić information content (AvgIpc) is 2.65. The van der Waals surface area contributed by atoms with E-state index in [0.717, 1.165) is 23.5 Å². The quantitative estimate of drug-likeness (QED) is 0.816. The smallest absolute Gasteiger partial charge is 0.227 e. The van der Waals surface area contributed by atoms with Crippen LogP contribution in [0.3, 0.4) is 0 Å². The Kier molecular flexibility index (Phi) is 5.66. The summed E-state index contributed by atoms with van der Waals surface area (Å²) in [5, 5.41) is 3.49. The number of hydrogen-bond acceptors (Lipinski definition) is 6. The highest BCUT2D eigenvalue weighted by atomic mass is 32.2. The topological polar surface area (TPSA) is 61.4 Å². The summed E-state index contributed by atoms with van der Waals surface area (Å²) in [6.45, 7) is 3.58. The Morgan fingerprint density at radius 1 is 1.35 bits per heavy atom. The van der Waals surface area contributed by atoms with E-state index in [1.165, 1.54) is 10.5 Å². The van der Waals surface area contributed by atoms with Crippen LogP contribution >= 0.6 is 11.8 Å². The lowest BCUT2D eigenvalue weighted by Crippen LogP contribution is -2.35. The number of rotatable bonds is 5. The monoisotopic (exact) mass is 371 g/mol. The second kappa shape index (κ2) is 7.95. The number of nitrogens with zero attached hydrogens (tertiary/aromatic N) is 4. The number of anilines is 2. The molecule has 7 heteroatoms. The predicted octanol–water partition coefficient (Wildman–Crippen LogP) is 2.78. The van der Waals surface area contributed by atoms with Gasteiger partial charge in [-0.3, -0.25) is 4.79 Å². The minimum Gasteiger partial charge on any atom is -0.366 e. The molecule has 1 aliphatic rings. The molecule has 1 aliphatic heterocycles. The number of amides is 1. The lowest BCUT2D eigenvalue weighted by Gasteiger charge is -2.29. The first-order chi connectivity index (χ1) is 12.5. The van der Waals surface area contributed by atoms with E-state index in [-0.39, 0.29) is 5.91 Å². The number of carbonyl (C=O) groups is 1. The molecule has 3 rings (SSSR count). The van der Waals surface area contributed by atoms with Gasteiger partial charge in [0.2, 0.25) is 11.9 Å². The molecular weight excluding hydrogens is 346 g/mol. The van der Waals surface area contributed by atoms with E-state index in [4.69, 9.17) is 4.98 Å². The van der Waals surface area contributed by atoms with E-state index < -0.39 is 0 Å². The fraction of sp³-hybridized carbons (Fsp3) is 0.421. The Morgan fingerprint density at radius 3 is 2.85 bits per heavy atom. The molecule has 1 N–H and O–H groups in total. The van der Waals surface area contributed by atoms with Crippen molar-refractivity contribution in [2.75, 3.05) is 37.1 Å². The van der Waals surface area contributed by atoms with Crippen molar-refractivity contribution in [2.24, 2.45) is 0 Å². The van der Waals surface area contributed by atoms with Crippen LogP contribution in [0.25, 0.3) is 0 Å². The van der Waals surface area contributed by atoms with Crippen LogP contribution in [0, 0.1) is 0 Å². The van der Waals surface area contributed by atoms with E-state index in [9.17, 15) is 4.79 Å². The molecule has 6 nitrogen and oxygen atoms in total. The molecule has 138 valence electrons. The Morgan fingerprint density at radius 2 is 2.15 bits per heavy atom. The van der Waals surface area contributed by atoms with Gasteiger partial charge >= 0.3 is 0 Å². The normalized spacial score (nSPS) is 13.3. The summed E-state index contributed by atoms with van der Waals surface area (Å²) in [6.07, 6.45) is 2.85. The van der Waals surface area contributed by atoms with Gasteiger partial charge in [-0.2, -0.15) is 4.98 Å². The van der Waals surface area contributed by atoms with E-state index in [0.29, 0.717) is 25.6 Å². The van der Waals surface area contributed by atoms with Crippen LogP contribution in [0.1, 0.15) is 23.7 Å². The zero-order valence-electron chi connectivity index (χ0n) is 15.7. The largest absolute Gasteiger partial charge is 0.366 e. The summed E-state index contributed by atoms with van der Waals surface area (Å²) in [5.41, 5.74) is 3.27. The molecule has 26 heavy (non-hydrogen) atoms. The summed E-state index contributed by atoms with van der Waals surface area (Å²) in [7, 11) is 3.86. The molecule has 0 bridgehead atoms. The van der Waals surface area contributed by atoms with Crippen LogP contribution in [0.15, 0.2) is 29.2 Å². The third-order valence-electron chi connectivity index (χ3n) is 4.49. The second-order valence-electron chi connectivity index (χ2n) is 6.59. The Hall–Kier alpha value is -2.28. The van der Waals surface area contributed by atoms with Crippen molar-refractivity contribution in [3.8, 4) is 0 Å². The molecular formula is C19H25N5OS. The van der Waals surface area contributed by atoms with Crippen molar-refractivity contribution in [1.29, 1.82) is 0 Å². The number of hydrogen-bond donors (Lipinski definition) is 1. The molecule has 0 fully saturated rings. The molecule has 0 spiro atoms. The second-order valence-corrected chi connectivity index (χ2v) is 7.47. The summed E-state index contributed by atoms with van der Waals surface area (Å²) in [4.78, 5) is 26.1. The van der Waals surface area contributed by atoms with Crippen LogP contribution in [0.5, 0.6) is 0 Å². The Labute approximate surface area is 159 Å². The van der Waals surface area contributed by atoms with Crippen molar-refractivity contribution in [1.82, 2.24) is 14.9 Å². The average molecular weight is 372 g/mol. The van der Waals surface area contributed by atoms with Crippen molar-refractivity contribution in [3.05, 3.63) is 41.1 Å². The molecule has 2 aromatic rings. The zero-order valence-corrected chi connectivity index (χ0v) is 16.6. The highest BCUT2D eigenvalue weighted by Crippen LogP contribution is 2.26. The highest BCUT2D eigenvalue weighted by Gasteiger charge is 2.24. The molecule has 1 aromatic heterocycles.